The number of carbonyl (C=O) groups is 1. The summed E-state index contributed by atoms with van der Waals surface area (Å²) >= 11 is 0. The predicted octanol–water partition coefficient (Wildman–Crippen LogP) is 1.83. The van der Waals surface area contributed by atoms with E-state index in [0.717, 1.165) is 17.7 Å². The van der Waals surface area contributed by atoms with Crippen molar-refractivity contribution in [2.45, 2.75) is 38.5 Å². The van der Waals surface area contributed by atoms with Gasteiger partial charge in [-0.3, -0.25) is 0 Å². The molecule has 1 aromatic carbocycles. The smallest absolute Gasteiger partial charge is 0.319 e. The van der Waals surface area contributed by atoms with Gasteiger partial charge in [-0.05, 0) is 38.0 Å². The van der Waals surface area contributed by atoms with Crippen LogP contribution in [0.1, 0.15) is 25.8 Å². The first-order valence-corrected chi connectivity index (χ1v) is 6.53. The van der Waals surface area contributed by atoms with Crippen LogP contribution in [0.5, 0.6) is 0 Å². The third kappa shape index (κ3) is 3.24. The lowest BCUT2D eigenvalue weighted by atomic mass is 9.95. The topological polar surface area (TPSA) is 76.4 Å². The molecule has 1 heterocycles. The third-order valence-corrected chi connectivity index (χ3v) is 3.73. The molecule has 0 radical (unpaired) electrons. The van der Waals surface area contributed by atoms with E-state index in [9.17, 15) is 4.79 Å². The molecule has 1 aromatic rings. The minimum absolute atomic E-state index is 0.0258. The van der Waals surface area contributed by atoms with Crippen LogP contribution >= 0.6 is 0 Å². The number of amides is 2. The van der Waals surface area contributed by atoms with Gasteiger partial charge in [-0.25, -0.2) is 4.79 Å². The summed E-state index contributed by atoms with van der Waals surface area (Å²) < 4.78 is 5.49. The van der Waals surface area contributed by atoms with E-state index in [4.69, 9.17) is 10.5 Å². The van der Waals surface area contributed by atoms with Gasteiger partial charge < -0.3 is 21.1 Å². The summed E-state index contributed by atoms with van der Waals surface area (Å²) in [4.78, 5) is 12.0. The van der Waals surface area contributed by atoms with Gasteiger partial charge in [0.15, 0.2) is 0 Å². The number of carbonyl (C=O) groups excluding carboxylic acids is 1. The number of hydrogen-bond acceptors (Lipinski definition) is 3. The Hall–Kier alpha value is -1.59. The Morgan fingerprint density at radius 1 is 1.47 bits per heavy atom. The molecule has 5 nitrogen and oxygen atoms in total. The van der Waals surface area contributed by atoms with Gasteiger partial charge in [-0.1, -0.05) is 12.1 Å². The molecule has 0 aliphatic carbocycles. The molecule has 0 saturated carbocycles. The van der Waals surface area contributed by atoms with Crippen LogP contribution in [-0.2, 0) is 11.3 Å². The fourth-order valence-corrected chi connectivity index (χ4v) is 2.14. The predicted molar refractivity (Wildman–Crippen MR) is 74.9 cm³/mol. The Labute approximate surface area is 113 Å². The maximum atomic E-state index is 12.0. The Morgan fingerprint density at radius 3 is 2.68 bits per heavy atom. The molecule has 4 N–H and O–H groups in total. The number of rotatable bonds is 3. The van der Waals surface area contributed by atoms with Crippen LogP contribution in [0, 0.1) is 0 Å². The van der Waals surface area contributed by atoms with E-state index in [-0.39, 0.29) is 17.7 Å². The van der Waals surface area contributed by atoms with Crippen LogP contribution < -0.4 is 16.4 Å². The van der Waals surface area contributed by atoms with Crippen molar-refractivity contribution in [1.82, 2.24) is 5.32 Å². The van der Waals surface area contributed by atoms with Crippen molar-refractivity contribution < 1.29 is 9.53 Å². The van der Waals surface area contributed by atoms with Crippen molar-refractivity contribution in [2.24, 2.45) is 5.73 Å². The summed E-state index contributed by atoms with van der Waals surface area (Å²) in [6, 6.07) is 7.29. The number of nitrogens with one attached hydrogen (secondary N) is 2. The highest BCUT2D eigenvalue weighted by Crippen LogP contribution is 2.25. The molecule has 2 unspecified atom stereocenters. The molecular formula is C14H21N3O2. The summed E-state index contributed by atoms with van der Waals surface area (Å²) in [5.74, 6) is 0. The van der Waals surface area contributed by atoms with Crippen molar-refractivity contribution in [3.05, 3.63) is 29.8 Å². The average Bonchev–Trinajstić information content (AvgIpc) is 2.70. The summed E-state index contributed by atoms with van der Waals surface area (Å²) in [6.07, 6.45) is 0.853. The van der Waals surface area contributed by atoms with E-state index in [1.54, 1.807) is 0 Å². The molecule has 1 saturated heterocycles. The summed E-state index contributed by atoms with van der Waals surface area (Å²) in [6.45, 7) is 5.16. The zero-order valence-corrected chi connectivity index (χ0v) is 11.4. The Morgan fingerprint density at radius 2 is 2.16 bits per heavy atom. The Balaban J connectivity index is 1.93. The van der Waals surface area contributed by atoms with Crippen molar-refractivity contribution in [2.75, 3.05) is 11.9 Å². The summed E-state index contributed by atoms with van der Waals surface area (Å²) in [5, 5.41) is 5.80. The highest BCUT2D eigenvalue weighted by atomic mass is 16.5. The monoisotopic (exact) mass is 263 g/mol. The van der Waals surface area contributed by atoms with Crippen molar-refractivity contribution in [1.29, 1.82) is 0 Å². The van der Waals surface area contributed by atoms with E-state index >= 15 is 0 Å². The van der Waals surface area contributed by atoms with E-state index in [1.807, 2.05) is 38.1 Å². The Bertz CT molecular complexity index is 447. The van der Waals surface area contributed by atoms with Gasteiger partial charge in [0.05, 0.1) is 11.6 Å². The average molecular weight is 263 g/mol. The zero-order chi connectivity index (χ0) is 13.9. The second-order valence-corrected chi connectivity index (χ2v) is 5.16. The Kier molecular flexibility index (Phi) is 4.07. The highest BCUT2D eigenvalue weighted by Gasteiger charge is 2.38. The van der Waals surface area contributed by atoms with Crippen LogP contribution in [-0.4, -0.2) is 24.3 Å². The van der Waals surface area contributed by atoms with Gasteiger partial charge in [0, 0.05) is 18.8 Å². The van der Waals surface area contributed by atoms with Crippen LogP contribution in [0.4, 0.5) is 10.5 Å². The van der Waals surface area contributed by atoms with Gasteiger partial charge >= 0.3 is 6.03 Å². The number of hydrogen-bond donors (Lipinski definition) is 3. The first kappa shape index (κ1) is 13.8. The molecule has 104 valence electrons. The molecule has 1 fully saturated rings. The number of anilines is 1. The van der Waals surface area contributed by atoms with E-state index in [2.05, 4.69) is 10.6 Å². The summed E-state index contributed by atoms with van der Waals surface area (Å²) in [5.41, 5.74) is 7.02. The van der Waals surface area contributed by atoms with Gasteiger partial charge in [0.1, 0.15) is 0 Å². The second kappa shape index (κ2) is 5.59. The van der Waals surface area contributed by atoms with Crippen LogP contribution in [0.2, 0.25) is 0 Å². The quantitative estimate of drug-likeness (QED) is 0.778. The molecule has 19 heavy (non-hydrogen) atoms. The SMILES string of the molecule is CC1OCCC1(C)NC(=O)Nc1ccc(CN)cc1. The van der Waals surface area contributed by atoms with Crippen LogP contribution in [0.25, 0.3) is 0 Å². The van der Waals surface area contributed by atoms with E-state index in [1.165, 1.54) is 0 Å². The van der Waals surface area contributed by atoms with Crippen molar-refractivity contribution >= 4 is 11.7 Å². The van der Waals surface area contributed by atoms with Crippen LogP contribution in [0.15, 0.2) is 24.3 Å². The van der Waals surface area contributed by atoms with Gasteiger partial charge in [0.25, 0.3) is 0 Å². The molecule has 2 atom stereocenters. The number of nitrogens with two attached hydrogens (primary N) is 1. The highest BCUT2D eigenvalue weighted by molar-refractivity contribution is 5.89. The number of urea groups is 1. The molecule has 1 aliphatic rings. The van der Waals surface area contributed by atoms with Gasteiger partial charge in [-0.15, -0.1) is 0 Å². The number of benzene rings is 1. The third-order valence-electron chi connectivity index (χ3n) is 3.73. The molecule has 0 aromatic heterocycles. The fraction of sp³-hybridized carbons (Fsp3) is 0.500. The lowest BCUT2D eigenvalue weighted by Gasteiger charge is -2.28. The molecule has 0 bridgehead atoms. The molecule has 1 aliphatic heterocycles. The number of ether oxygens (including phenoxy) is 1. The maximum absolute atomic E-state index is 12.0. The zero-order valence-electron chi connectivity index (χ0n) is 11.4. The fourth-order valence-electron chi connectivity index (χ4n) is 2.14. The molecule has 5 heteroatoms. The van der Waals surface area contributed by atoms with E-state index in [0.29, 0.717) is 13.2 Å². The lowest BCUT2D eigenvalue weighted by molar-refractivity contribution is 0.0920. The second-order valence-electron chi connectivity index (χ2n) is 5.16. The maximum Gasteiger partial charge on any atom is 0.319 e. The minimum atomic E-state index is -0.304. The lowest BCUT2D eigenvalue weighted by Crippen LogP contribution is -2.52. The normalized spacial score (nSPS) is 26.2. The van der Waals surface area contributed by atoms with Gasteiger partial charge in [-0.2, -0.15) is 0 Å². The minimum Gasteiger partial charge on any atom is -0.376 e. The largest absolute Gasteiger partial charge is 0.376 e. The molecule has 2 rings (SSSR count). The van der Waals surface area contributed by atoms with Gasteiger partial charge in [0.2, 0.25) is 0 Å². The van der Waals surface area contributed by atoms with Crippen molar-refractivity contribution in [3.63, 3.8) is 0 Å². The first-order valence-electron chi connectivity index (χ1n) is 6.53. The molecule has 2 amide bonds. The van der Waals surface area contributed by atoms with Crippen molar-refractivity contribution in [3.8, 4) is 0 Å². The first-order chi connectivity index (χ1) is 9.03. The van der Waals surface area contributed by atoms with Crippen LogP contribution in [0.3, 0.4) is 0 Å². The molecule has 0 spiro atoms. The summed E-state index contributed by atoms with van der Waals surface area (Å²) in [7, 11) is 0. The molecular weight excluding hydrogens is 242 g/mol. The standard InChI is InChI=1S/C14H21N3O2/c1-10-14(2,7-8-19-10)17-13(18)16-12-5-3-11(9-15)4-6-12/h3-6,10H,7-9,15H2,1-2H3,(H2,16,17,18). The van der Waals surface area contributed by atoms with E-state index < -0.39 is 0 Å².